The largest absolute Gasteiger partial charge is 0.417 e. The van der Waals surface area contributed by atoms with Crippen molar-refractivity contribution in [2.45, 2.75) is 19.0 Å². The van der Waals surface area contributed by atoms with Crippen LogP contribution < -0.4 is 16.2 Å². The Labute approximate surface area is 199 Å². The van der Waals surface area contributed by atoms with Crippen LogP contribution >= 0.6 is 0 Å². The molecule has 2 fully saturated rings. The van der Waals surface area contributed by atoms with E-state index in [0.29, 0.717) is 38.0 Å². The van der Waals surface area contributed by atoms with E-state index in [1.807, 2.05) is 0 Å². The number of pyridine rings is 1. The van der Waals surface area contributed by atoms with Crippen LogP contribution in [0.4, 0.5) is 18.9 Å². The average Bonchev–Trinajstić information content (AvgIpc) is 3.29. The molecule has 0 unspecified atom stereocenters. The van der Waals surface area contributed by atoms with E-state index in [2.05, 4.69) is 4.98 Å². The molecule has 2 aromatic rings. The summed E-state index contributed by atoms with van der Waals surface area (Å²) in [4.78, 5) is 42.3. The summed E-state index contributed by atoms with van der Waals surface area (Å²) < 4.78 is 40.3. The third-order valence-corrected chi connectivity index (χ3v) is 6.98. The molecule has 1 aromatic carbocycles. The summed E-state index contributed by atoms with van der Waals surface area (Å²) in [6.07, 6.45) is -2.04. The smallest absolute Gasteiger partial charge is 0.370 e. The number of nitrogens with zero attached hydrogens (tertiary/aromatic N) is 3. The van der Waals surface area contributed by atoms with Crippen molar-refractivity contribution in [3.05, 3.63) is 63.6 Å². The minimum atomic E-state index is -4.67. The van der Waals surface area contributed by atoms with Gasteiger partial charge in [-0.3, -0.25) is 14.4 Å². The maximum atomic E-state index is 13.4. The fourth-order valence-corrected chi connectivity index (χ4v) is 5.17. The molecule has 8 nitrogen and oxygen atoms in total. The van der Waals surface area contributed by atoms with Crippen LogP contribution in [0.1, 0.15) is 34.3 Å². The fraction of sp³-hybridized carbons (Fsp3) is 0.417. The quantitative estimate of drug-likeness (QED) is 0.685. The van der Waals surface area contributed by atoms with Gasteiger partial charge in [-0.05, 0) is 48.9 Å². The van der Waals surface area contributed by atoms with E-state index in [-0.39, 0.29) is 35.5 Å². The monoisotopic (exact) mass is 487 g/mol. The van der Waals surface area contributed by atoms with E-state index in [1.165, 1.54) is 18.3 Å². The van der Waals surface area contributed by atoms with Crippen LogP contribution in [-0.4, -0.2) is 47.9 Å². The number of aromatic amines is 1. The molecular formula is C24H24F3N5O3. The Morgan fingerprint density at radius 2 is 1.83 bits per heavy atom. The highest BCUT2D eigenvalue weighted by molar-refractivity contribution is 5.94. The Morgan fingerprint density at radius 1 is 1.11 bits per heavy atom. The number of nitrogens with two attached hydrogens (primary N) is 1. The summed E-state index contributed by atoms with van der Waals surface area (Å²) in [7, 11) is 0. The fourth-order valence-electron chi connectivity index (χ4n) is 5.17. The van der Waals surface area contributed by atoms with Crippen molar-refractivity contribution in [3.63, 3.8) is 0 Å². The number of hydrogen-bond donors (Lipinski definition) is 2. The number of alkyl halides is 3. The van der Waals surface area contributed by atoms with Crippen molar-refractivity contribution in [3.8, 4) is 6.07 Å². The number of H-pyrrole nitrogens is 1. The lowest BCUT2D eigenvalue weighted by molar-refractivity contribution is -0.137. The summed E-state index contributed by atoms with van der Waals surface area (Å²) in [5, 5.41) is 9.04. The number of carbonyl (C=O) groups excluding carboxylic acids is 2. The summed E-state index contributed by atoms with van der Waals surface area (Å²) in [6.45, 7) is 1.42. The highest BCUT2D eigenvalue weighted by atomic mass is 19.4. The van der Waals surface area contributed by atoms with Crippen LogP contribution in [0.15, 0.2) is 41.3 Å². The maximum Gasteiger partial charge on any atom is 0.417 e. The van der Waals surface area contributed by atoms with Gasteiger partial charge < -0.3 is 20.5 Å². The number of hydrogen-bond acceptors (Lipinski definition) is 5. The summed E-state index contributed by atoms with van der Waals surface area (Å²) >= 11 is 0. The van der Waals surface area contributed by atoms with Crippen LogP contribution in [0.5, 0.6) is 0 Å². The molecule has 2 saturated heterocycles. The Hall–Kier alpha value is -3.81. The van der Waals surface area contributed by atoms with Crippen molar-refractivity contribution in [2.75, 3.05) is 31.1 Å². The molecule has 4 rings (SSSR count). The molecule has 2 aliphatic rings. The van der Waals surface area contributed by atoms with Crippen molar-refractivity contribution in [1.82, 2.24) is 9.88 Å². The molecular weight excluding hydrogens is 463 g/mol. The molecule has 35 heavy (non-hydrogen) atoms. The zero-order valence-electron chi connectivity index (χ0n) is 18.7. The first-order chi connectivity index (χ1) is 16.6. The number of anilines is 1. The Bertz CT molecular complexity index is 1230. The van der Waals surface area contributed by atoms with Gasteiger partial charge in [0.2, 0.25) is 11.5 Å². The Morgan fingerprint density at radius 3 is 2.43 bits per heavy atom. The number of amides is 2. The normalized spacial score (nSPS) is 21.1. The number of piperidine rings is 1. The van der Waals surface area contributed by atoms with E-state index >= 15 is 0 Å². The number of nitrogens with one attached hydrogen (secondary N) is 1. The second kappa shape index (κ2) is 9.44. The van der Waals surface area contributed by atoms with Gasteiger partial charge in [0.1, 0.15) is 0 Å². The van der Waals surface area contributed by atoms with Gasteiger partial charge in [0.05, 0.1) is 23.1 Å². The van der Waals surface area contributed by atoms with Crippen LogP contribution in [0.2, 0.25) is 0 Å². The predicted octanol–water partition coefficient (Wildman–Crippen LogP) is 2.36. The van der Waals surface area contributed by atoms with Crippen LogP contribution in [0.3, 0.4) is 0 Å². The van der Waals surface area contributed by atoms with E-state index in [0.717, 1.165) is 12.1 Å². The van der Waals surface area contributed by atoms with Gasteiger partial charge in [0, 0.05) is 49.7 Å². The van der Waals surface area contributed by atoms with E-state index in [1.54, 1.807) is 21.9 Å². The van der Waals surface area contributed by atoms with Crippen molar-refractivity contribution in [2.24, 2.45) is 23.5 Å². The highest BCUT2D eigenvalue weighted by Crippen LogP contribution is 2.40. The molecule has 1 aromatic heterocycles. The van der Waals surface area contributed by atoms with Gasteiger partial charge >= 0.3 is 6.18 Å². The van der Waals surface area contributed by atoms with Crippen LogP contribution in [-0.2, 0) is 11.0 Å². The molecule has 2 atom stereocenters. The minimum Gasteiger partial charge on any atom is -0.370 e. The number of nitriles is 1. The molecule has 0 aliphatic carbocycles. The summed E-state index contributed by atoms with van der Waals surface area (Å²) in [5.41, 5.74) is 4.41. The first-order valence-corrected chi connectivity index (χ1v) is 11.2. The van der Waals surface area contributed by atoms with Crippen LogP contribution in [0, 0.1) is 29.1 Å². The number of primary amides is 1. The van der Waals surface area contributed by atoms with Crippen LogP contribution in [0.25, 0.3) is 0 Å². The highest BCUT2D eigenvalue weighted by Gasteiger charge is 2.43. The number of aromatic nitrogens is 1. The first kappa shape index (κ1) is 24.3. The third kappa shape index (κ3) is 5.01. The first-order valence-electron chi connectivity index (χ1n) is 11.2. The number of halogens is 3. The van der Waals surface area contributed by atoms with Gasteiger partial charge in [-0.25, -0.2) is 0 Å². The number of carbonyl (C=O) groups is 2. The molecule has 2 amide bonds. The van der Waals surface area contributed by atoms with Gasteiger partial charge in [0.15, 0.2) is 0 Å². The van der Waals surface area contributed by atoms with Crippen molar-refractivity contribution < 1.29 is 22.8 Å². The SMILES string of the molecule is N#Cc1ccc(N2C[C@@H](C(N)=O)[C@H](C3CCN(C(=O)c4cc[nH]c(=O)c4)CC3)C2)cc1C(F)(F)F. The minimum absolute atomic E-state index is 0.0567. The molecule has 3 heterocycles. The third-order valence-electron chi connectivity index (χ3n) is 6.98. The predicted molar refractivity (Wildman–Crippen MR) is 120 cm³/mol. The molecule has 0 bridgehead atoms. The van der Waals surface area contributed by atoms with Crippen molar-refractivity contribution in [1.29, 1.82) is 5.26 Å². The van der Waals surface area contributed by atoms with E-state index in [4.69, 9.17) is 11.0 Å². The molecule has 0 radical (unpaired) electrons. The topological polar surface area (TPSA) is 123 Å². The zero-order valence-corrected chi connectivity index (χ0v) is 18.7. The molecule has 11 heteroatoms. The number of benzene rings is 1. The molecule has 184 valence electrons. The second-order valence-corrected chi connectivity index (χ2v) is 8.99. The zero-order chi connectivity index (χ0) is 25.3. The van der Waals surface area contributed by atoms with Gasteiger partial charge in [0.25, 0.3) is 5.91 Å². The van der Waals surface area contributed by atoms with Gasteiger partial charge in [-0.2, -0.15) is 18.4 Å². The van der Waals surface area contributed by atoms with E-state index < -0.39 is 29.1 Å². The lowest BCUT2D eigenvalue weighted by Gasteiger charge is -2.36. The van der Waals surface area contributed by atoms with Gasteiger partial charge in [-0.15, -0.1) is 0 Å². The molecule has 2 aliphatic heterocycles. The lowest BCUT2D eigenvalue weighted by atomic mass is 9.78. The number of rotatable bonds is 4. The summed E-state index contributed by atoms with van der Waals surface area (Å²) in [6, 6.07) is 7.91. The molecule has 3 N–H and O–H groups in total. The maximum absolute atomic E-state index is 13.4. The Kier molecular flexibility index (Phi) is 6.56. The lowest BCUT2D eigenvalue weighted by Crippen LogP contribution is -2.42. The standard InChI is InChI=1S/C24H24F3N5O3/c25-24(26,27)20-10-17(2-1-16(20)11-28)32-12-18(19(13-32)22(29)34)14-4-7-31(8-5-14)23(35)15-3-6-30-21(33)9-15/h1-3,6,9-10,14,18-19H,4-5,7-8,12-13H2,(H2,29,34)(H,30,33)/t18-,19+/m0/s1. The van der Waals surface area contributed by atoms with Crippen molar-refractivity contribution >= 4 is 17.5 Å². The molecule has 0 spiro atoms. The van der Waals surface area contributed by atoms with Gasteiger partial charge in [-0.1, -0.05) is 0 Å². The summed E-state index contributed by atoms with van der Waals surface area (Å²) in [5.74, 6) is -1.41. The molecule has 0 saturated carbocycles. The Balaban J connectivity index is 1.48. The van der Waals surface area contributed by atoms with E-state index in [9.17, 15) is 27.6 Å². The average molecular weight is 487 g/mol. The second-order valence-electron chi connectivity index (χ2n) is 8.99. The number of likely N-dealkylation sites (tertiary alicyclic amines) is 1.